The highest BCUT2D eigenvalue weighted by Crippen LogP contribution is 2.36. The first-order chi connectivity index (χ1) is 14.8. The van der Waals surface area contributed by atoms with Crippen LogP contribution in [-0.2, 0) is 12.7 Å². The average Bonchev–Trinajstić information content (AvgIpc) is 3.08. The van der Waals surface area contributed by atoms with Crippen LogP contribution in [0.25, 0.3) is 16.9 Å². The minimum atomic E-state index is -4.53. The summed E-state index contributed by atoms with van der Waals surface area (Å²) in [5.74, 6) is -0.441. The van der Waals surface area contributed by atoms with Gasteiger partial charge in [-0.15, -0.1) is 0 Å². The topological polar surface area (TPSA) is 72.2 Å². The minimum Gasteiger partial charge on any atom is -0.345 e. The van der Waals surface area contributed by atoms with Gasteiger partial charge in [0.2, 0.25) is 0 Å². The Kier molecular flexibility index (Phi) is 5.18. The van der Waals surface area contributed by atoms with Crippen LogP contribution < -0.4 is 5.32 Å². The maximum Gasteiger partial charge on any atom is 0.417 e. The number of pyridine rings is 1. The van der Waals surface area contributed by atoms with Crippen molar-refractivity contribution in [3.8, 4) is 11.3 Å². The number of fused-ring (bicyclic) bond motifs is 1. The summed E-state index contributed by atoms with van der Waals surface area (Å²) < 4.78 is 41.8. The number of rotatable bonds is 4. The van der Waals surface area contributed by atoms with Gasteiger partial charge in [0.05, 0.1) is 29.2 Å². The number of imidazole rings is 1. The standard InChI is InChI=1S/C22H18F3N5O/c1-13-11-18(16-8-3-4-9-17(16)22(23,24)25)29-30-19(14(2)28-20(13)30)21(31)27-12-15-7-5-6-10-26-15/h3-11H,12H2,1-2H3,(H,27,31). The van der Waals surface area contributed by atoms with Gasteiger partial charge < -0.3 is 5.32 Å². The molecule has 1 amide bonds. The van der Waals surface area contributed by atoms with Gasteiger partial charge in [-0.25, -0.2) is 9.50 Å². The van der Waals surface area contributed by atoms with Crippen molar-refractivity contribution in [1.82, 2.24) is 24.9 Å². The molecule has 158 valence electrons. The highest BCUT2D eigenvalue weighted by molar-refractivity contribution is 5.94. The molecular weight excluding hydrogens is 407 g/mol. The highest BCUT2D eigenvalue weighted by Gasteiger charge is 2.34. The molecule has 31 heavy (non-hydrogen) atoms. The van der Waals surface area contributed by atoms with Crippen molar-refractivity contribution in [2.75, 3.05) is 0 Å². The Bertz CT molecular complexity index is 1270. The van der Waals surface area contributed by atoms with Crippen LogP contribution in [0.1, 0.15) is 33.0 Å². The number of nitrogens with one attached hydrogen (secondary N) is 1. The van der Waals surface area contributed by atoms with E-state index in [1.807, 2.05) is 6.07 Å². The molecule has 4 aromatic rings. The lowest BCUT2D eigenvalue weighted by Crippen LogP contribution is -2.26. The van der Waals surface area contributed by atoms with Gasteiger partial charge in [-0.2, -0.15) is 18.3 Å². The van der Waals surface area contributed by atoms with Crippen molar-refractivity contribution >= 4 is 11.6 Å². The van der Waals surface area contributed by atoms with Gasteiger partial charge in [-0.1, -0.05) is 24.3 Å². The van der Waals surface area contributed by atoms with Gasteiger partial charge >= 0.3 is 6.18 Å². The van der Waals surface area contributed by atoms with E-state index in [2.05, 4.69) is 20.4 Å². The van der Waals surface area contributed by atoms with Crippen molar-refractivity contribution in [2.24, 2.45) is 0 Å². The van der Waals surface area contributed by atoms with E-state index in [1.165, 1.54) is 22.7 Å². The molecule has 0 bridgehead atoms. The number of nitrogens with zero attached hydrogens (tertiary/aromatic N) is 4. The van der Waals surface area contributed by atoms with Crippen molar-refractivity contribution in [3.05, 3.63) is 82.9 Å². The number of carbonyl (C=O) groups is 1. The normalized spacial score (nSPS) is 11.6. The Morgan fingerprint density at radius 3 is 2.55 bits per heavy atom. The number of hydrogen-bond acceptors (Lipinski definition) is 4. The van der Waals surface area contributed by atoms with E-state index in [9.17, 15) is 18.0 Å². The Labute approximate surface area is 175 Å². The van der Waals surface area contributed by atoms with Crippen LogP contribution in [0.5, 0.6) is 0 Å². The summed E-state index contributed by atoms with van der Waals surface area (Å²) in [4.78, 5) is 21.4. The lowest BCUT2D eigenvalue weighted by molar-refractivity contribution is -0.137. The molecule has 0 aliphatic rings. The molecule has 1 aromatic carbocycles. The predicted molar refractivity (Wildman–Crippen MR) is 108 cm³/mol. The van der Waals surface area contributed by atoms with E-state index in [0.29, 0.717) is 22.6 Å². The van der Waals surface area contributed by atoms with E-state index in [0.717, 1.165) is 6.07 Å². The number of halogens is 3. The number of alkyl halides is 3. The Balaban J connectivity index is 1.78. The average molecular weight is 425 g/mol. The van der Waals surface area contributed by atoms with Gasteiger partial charge in [-0.3, -0.25) is 9.78 Å². The fraction of sp³-hybridized carbons (Fsp3) is 0.182. The van der Waals surface area contributed by atoms with Gasteiger partial charge in [0.15, 0.2) is 11.3 Å². The van der Waals surface area contributed by atoms with Crippen LogP contribution in [0.2, 0.25) is 0 Å². The number of benzene rings is 1. The fourth-order valence-electron chi connectivity index (χ4n) is 3.38. The van der Waals surface area contributed by atoms with E-state index in [1.54, 1.807) is 38.2 Å². The first-order valence-electron chi connectivity index (χ1n) is 9.47. The molecule has 9 heteroatoms. The molecule has 0 saturated carbocycles. The summed E-state index contributed by atoms with van der Waals surface area (Å²) in [6.07, 6.45) is -2.91. The fourth-order valence-corrected chi connectivity index (χ4v) is 3.38. The zero-order valence-electron chi connectivity index (χ0n) is 16.7. The summed E-state index contributed by atoms with van der Waals surface area (Å²) in [6.45, 7) is 3.58. The smallest absolute Gasteiger partial charge is 0.345 e. The molecule has 3 heterocycles. The number of aryl methyl sites for hydroxylation is 2. The molecule has 1 N–H and O–H groups in total. The van der Waals surface area contributed by atoms with Crippen LogP contribution in [0.15, 0.2) is 54.7 Å². The van der Waals surface area contributed by atoms with Crippen LogP contribution >= 0.6 is 0 Å². The molecule has 0 atom stereocenters. The second kappa shape index (κ2) is 7.82. The minimum absolute atomic E-state index is 0.0637. The molecule has 0 spiro atoms. The van der Waals surface area contributed by atoms with E-state index < -0.39 is 17.6 Å². The molecule has 4 rings (SSSR count). The first-order valence-corrected chi connectivity index (χ1v) is 9.47. The lowest BCUT2D eigenvalue weighted by Gasteiger charge is -2.13. The molecule has 0 aliphatic carbocycles. The molecule has 6 nitrogen and oxygen atoms in total. The summed E-state index contributed by atoms with van der Waals surface area (Å²) in [5, 5.41) is 7.12. The third-order valence-corrected chi connectivity index (χ3v) is 4.82. The molecule has 0 unspecified atom stereocenters. The zero-order chi connectivity index (χ0) is 22.2. The second-order valence-electron chi connectivity index (χ2n) is 7.04. The number of carbonyl (C=O) groups excluding carboxylic acids is 1. The Morgan fingerprint density at radius 2 is 1.84 bits per heavy atom. The van der Waals surface area contributed by atoms with E-state index in [4.69, 9.17) is 0 Å². The SMILES string of the molecule is Cc1nc2c(C)cc(-c3ccccc3C(F)(F)F)nn2c1C(=O)NCc1ccccn1. The van der Waals surface area contributed by atoms with Crippen molar-refractivity contribution in [2.45, 2.75) is 26.6 Å². The van der Waals surface area contributed by atoms with Crippen molar-refractivity contribution in [1.29, 1.82) is 0 Å². The van der Waals surface area contributed by atoms with E-state index in [-0.39, 0.29) is 23.5 Å². The van der Waals surface area contributed by atoms with E-state index >= 15 is 0 Å². The molecule has 3 aromatic heterocycles. The zero-order valence-corrected chi connectivity index (χ0v) is 16.7. The first kappa shape index (κ1) is 20.5. The highest BCUT2D eigenvalue weighted by atomic mass is 19.4. The quantitative estimate of drug-likeness (QED) is 0.528. The molecule has 0 fully saturated rings. The maximum absolute atomic E-state index is 13.5. The largest absolute Gasteiger partial charge is 0.417 e. The van der Waals surface area contributed by atoms with Crippen LogP contribution in [0.3, 0.4) is 0 Å². The summed E-state index contributed by atoms with van der Waals surface area (Å²) in [7, 11) is 0. The van der Waals surface area contributed by atoms with Crippen molar-refractivity contribution in [3.63, 3.8) is 0 Å². The lowest BCUT2D eigenvalue weighted by atomic mass is 10.0. The van der Waals surface area contributed by atoms with Gasteiger partial charge in [-0.05, 0) is 43.7 Å². The van der Waals surface area contributed by atoms with Gasteiger partial charge in [0.1, 0.15) is 0 Å². The van der Waals surface area contributed by atoms with Crippen LogP contribution in [0.4, 0.5) is 13.2 Å². The predicted octanol–water partition coefficient (Wildman–Crippen LogP) is 4.36. The third-order valence-electron chi connectivity index (χ3n) is 4.82. The van der Waals surface area contributed by atoms with Gasteiger partial charge in [0, 0.05) is 11.8 Å². The Hall–Kier alpha value is -3.75. The number of amides is 1. The maximum atomic E-state index is 13.5. The number of hydrogen-bond donors (Lipinski definition) is 1. The molecule has 0 saturated heterocycles. The molecule has 0 aliphatic heterocycles. The monoisotopic (exact) mass is 425 g/mol. The van der Waals surface area contributed by atoms with Crippen LogP contribution in [-0.4, -0.2) is 25.5 Å². The Morgan fingerprint density at radius 1 is 1.10 bits per heavy atom. The second-order valence-corrected chi connectivity index (χ2v) is 7.04. The number of aromatic nitrogens is 4. The van der Waals surface area contributed by atoms with Gasteiger partial charge in [0.25, 0.3) is 5.91 Å². The molecular formula is C22H18F3N5O. The summed E-state index contributed by atoms with van der Waals surface area (Å²) in [5.41, 5.74) is 1.53. The van der Waals surface area contributed by atoms with Crippen molar-refractivity contribution < 1.29 is 18.0 Å². The third kappa shape index (κ3) is 3.98. The summed E-state index contributed by atoms with van der Waals surface area (Å²) >= 11 is 0. The summed E-state index contributed by atoms with van der Waals surface area (Å²) in [6, 6.07) is 12.1. The molecule has 0 radical (unpaired) electrons. The van der Waals surface area contributed by atoms with Crippen LogP contribution in [0, 0.1) is 13.8 Å².